The Labute approximate surface area is 102 Å². The molecule has 1 atom stereocenters. The van der Waals surface area contributed by atoms with Crippen molar-refractivity contribution < 1.29 is 4.79 Å². The monoisotopic (exact) mass is 233 g/mol. The number of para-hydroxylation sites is 1. The van der Waals surface area contributed by atoms with Crippen LogP contribution < -0.4 is 16.0 Å². The van der Waals surface area contributed by atoms with Gasteiger partial charge in [-0.05, 0) is 31.0 Å². The summed E-state index contributed by atoms with van der Waals surface area (Å²) in [4.78, 5) is 13.0. The van der Waals surface area contributed by atoms with Crippen molar-refractivity contribution in [1.29, 1.82) is 0 Å². The Balaban J connectivity index is 2.27. The van der Waals surface area contributed by atoms with Crippen LogP contribution in [0.5, 0.6) is 0 Å². The third-order valence-corrected chi connectivity index (χ3v) is 3.15. The summed E-state index contributed by atoms with van der Waals surface area (Å²) in [5.41, 5.74) is 7.51. The number of nitrogens with zero attached hydrogens (tertiary/aromatic N) is 1. The highest BCUT2D eigenvalue weighted by Gasteiger charge is 2.26. The first-order chi connectivity index (χ1) is 8.24. The fourth-order valence-electron chi connectivity index (χ4n) is 2.32. The lowest BCUT2D eigenvalue weighted by Crippen LogP contribution is -2.42. The lowest BCUT2D eigenvalue weighted by Gasteiger charge is -2.33. The summed E-state index contributed by atoms with van der Waals surface area (Å²) in [5, 5.41) is 3.51. The van der Waals surface area contributed by atoms with Gasteiger partial charge in [-0.25, -0.2) is 4.79 Å². The summed E-state index contributed by atoms with van der Waals surface area (Å²) in [6.07, 6.45) is 2.03. The Bertz CT molecular complexity index is 405. The maximum Gasteiger partial charge on any atom is 0.319 e. The summed E-state index contributed by atoms with van der Waals surface area (Å²) in [6.45, 7) is 3.83. The van der Waals surface area contributed by atoms with Gasteiger partial charge in [-0.15, -0.1) is 0 Å². The third-order valence-electron chi connectivity index (χ3n) is 3.15. The van der Waals surface area contributed by atoms with Gasteiger partial charge in [-0.2, -0.15) is 0 Å². The number of anilines is 1. The number of carbonyl (C=O) groups is 1. The van der Waals surface area contributed by atoms with Crippen molar-refractivity contribution in [3.05, 3.63) is 29.8 Å². The molecule has 0 radical (unpaired) electrons. The van der Waals surface area contributed by atoms with Gasteiger partial charge in [0.15, 0.2) is 0 Å². The second-order valence-corrected chi connectivity index (χ2v) is 4.34. The van der Waals surface area contributed by atoms with E-state index >= 15 is 0 Å². The summed E-state index contributed by atoms with van der Waals surface area (Å²) in [6, 6.07) is 7.94. The number of hydrogen-bond acceptors (Lipinski definition) is 2. The Kier molecular flexibility index (Phi) is 3.64. The highest BCUT2D eigenvalue weighted by Crippen LogP contribution is 2.33. The molecule has 17 heavy (non-hydrogen) atoms. The molecule has 4 heteroatoms. The predicted molar refractivity (Wildman–Crippen MR) is 69.0 cm³/mol. The van der Waals surface area contributed by atoms with Crippen LogP contribution in [0.25, 0.3) is 0 Å². The Morgan fingerprint density at radius 1 is 1.53 bits per heavy atom. The first kappa shape index (κ1) is 11.9. The van der Waals surface area contributed by atoms with Crippen LogP contribution in [0.15, 0.2) is 24.3 Å². The molecule has 2 rings (SSSR count). The molecule has 0 fully saturated rings. The molecule has 0 aliphatic carbocycles. The molecular formula is C13H19N3O. The first-order valence-corrected chi connectivity index (χ1v) is 6.13. The van der Waals surface area contributed by atoms with Crippen LogP contribution in [0.1, 0.15) is 31.4 Å². The summed E-state index contributed by atoms with van der Waals surface area (Å²) in [5.74, 6) is 0. The number of hydrogen-bond donors (Lipinski definition) is 2. The van der Waals surface area contributed by atoms with Gasteiger partial charge in [0, 0.05) is 12.6 Å². The third kappa shape index (κ3) is 2.42. The van der Waals surface area contributed by atoms with Crippen molar-refractivity contribution in [3.63, 3.8) is 0 Å². The van der Waals surface area contributed by atoms with Gasteiger partial charge in [-0.3, -0.25) is 4.90 Å². The van der Waals surface area contributed by atoms with Crippen LogP contribution in [0.2, 0.25) is 0 Å². The Hall–Kier alpha value is -1.55. The molecule has 92 valence electrons. The number of rotatable bonds is 3. The molecule has 2 amide bonds. The van der Waals surface area contributed by atoms with Gasteiger partial charge >= 0.3 is 6.03 Å². The van der Waals surface area contributed by atoms with Crippen molar-refractivity contribution >= 4 is 11.7 Å². The van der Waals surface area contributed by atoms with Crippen LogP contribution in [-0.4, -0.2) is 19.1 Å². The molecule has 1 aromatic carbocycles. The second-order valence-electron chi connectivity index (χ2n) is 4.34. The number of urea groups is 1. The van der Waals surface area contributed by atoms with E-state index in [2.05, 4.69) is 18.3 Å². The highest BCUT2D eigenvalue weighted by atomic mass is 16.2. The smallest absolute Gasteiger partial charge is 0.319 e. The molecule has 1 aromatic rings. The van der Waals surface area contributed by atoms with E-state index in [0.29, 0.717) is 12.6 Å². The normalized spacial score (nSPS) is 18.9. The summed E-state index contributed by atoms with van der Waals surface area (Å²) < 4.78 is 0. The molecule has 0 spiro atoms. The number of benzene rings is 1. The average Bonchev–Trinajstić information content (AvgIpc) is 2.35. The largest absolute Gasteiger partial charge is 0.351 e. The van der Waals surface area contributed by atoms with E-state index in [4.69, 9.17) is 5.73 Å². The summed E-state index contributed by atoms with van der Waals surface area (Å²) in [7, 11) is 0. The fraction of sp³-hybridized carbons (Fsp3) is 0.462. The minimum absolute atomic E-state index is 0.335. The summed E-state index contributed by atoms with van der Waals surface area (Å²) >= 11 is 0. The van der Waals surface area contributed by atoms with Gasteiger partial charge in [0.05, 0.1) is 5.69 Å². The van der Waals surface area contributed by atoms with E-state index in [-0.39, 0.29) is 6.03 Å². The van der Waals surface area contributed by atoms with E-state index in [0.717, 1.165) is 25.1 Å². The Morgan fingerprint density at radius 2 is 2.29 bits per heavy atom. The van der Waals surface area contributed by atoms with E-state index < -0.39 is 0 Å². The number of amides is 2. The minimum Gasteiger partial charge on any atom is -0.351 e. The van der Waals surface area contributed by atoms with Crippen molar-refractivity contribution in [2.24, 2.45) is 5.73 Å². The molecule has 1 aliphatic heterocycles. The first-order valence-electron chi connectivity index (χ1n) is 6.13. The maximum atomic E-state index is 11.4. The van der Waals surface area contributed by atoms with Gasteiger partial charge in [0.25, 0.3) is 0 Å². The molecule has 0 saturated carbocycles. The molecule has 1 unspecified atom stereocenters. The van der Waals surface area contributed by atoms with Crippen LogP contribution in [0, 0.1) is 0 Å². The van der Waals surface area contributed by atoms with E-state index in [1.165, 1.54) is 5.56 Å². The number of fused-ring (bicyclic) bond motifs is 1. The number of primary amides is 1. The predicted octanol–water partition coefficient (Wildman–Crippen LogP) is 2.02. The molecular weight excluding hydrogens is 214 g/mol. The van der Waals surface area contributed by atoms with Crippen LogP contribution in [0.4, 0.5) is 10.5 Å². The SMILES string of the molecule is CCCNC1CCN(C(N)=O)c2ccccc21. The standard InChI is InChI=1S/C13H19N3O/c1-2-8-15-11-7-9-16(13(14)17)12-6-4-3-5-10(11)12/h3-6,11,15H,2,7-9H2,1H3,(H2,14,17). The number of carbonyl (C=O) groups excluding carboxylic acids is 1. The zero-order valence-electron chi connectivity index (χ0n) is 10.1. The Morgan fingerprint density at radius 3 is 3.00 bits per heavy atom. The van der Waals surface area contributed by atoms with Gasteiger partial charge in [0.2, 0.25) is 0 Å². The fourth-order valence-corrected chi connectivity index (χ4v) is 2.32. The second kappa shape index (κ2) is 5.19. The molecule has 3 N–H and O–H groups in total. The lowest BCUT2D eigenvalue weighted by atomic mass is 9.96. The number of nitrogens with one attached hydrogen (secondary N) is 1. The van der Waals surface area contributed by atoms with Gasteiger partial charge in [-0.1, -0.05) is 25.1 Å². The van der Waals surface area contributed by atoms with E-state index in [1.54, 1.807) is 4.90 Å². The topological polar surface area (TPSA) is 58.4 Å². The molecule has 0 bridgehead atoms. The highest BCUT2D eigenvalue weighted by molar-refractivity contribution is 5.92. The lowest BCUT2D eigenvalue weighted by molar-refractivity contribution is 0.253. The average molecular weight is 233 g/mol. The van der Waals surface area contributed by atoms with Crippen LogP contribution >= 0.6 is 0 Å². The van der Waals surface area contributed by atoms with Crippen molar-refractivity contribution in [2.45, 2.75) is 25.8 Å². The van der Waals surface area contributed by atoms with Crippen molar-refractivity contribution in [3.8, 4) is 0 Å². The zero-order chi connectivity index (χ0) is 12.3. The van der Waals surface area contributed by atoms with Gasteiger partial charge < -0.3 is 11.1 Å². The molecule has 0 aromatic heterocycles. The van der Waals surface area contributed by atoms with Crippen LogP contribution in [-0.2, 0) is 0 Å². The van der Waals surface area contributed by atoms with Crippen molar-refractivity contribution in [1.82, 2.24) is 5.32 Å². The van der Waals surface area contributed by atoms with Gasteiger partial charge in [0.1, 0.15) is 0 Å². The molecule has 1 aliphatic rings. The zero-order valence-corrected chi connectivity index (χ0v) is 10.1. The quantitative estimate of drug-likeness (QED) is 0.839. The molecule has 1 heterocycles. The van der Waals surface area contributed by atoms with E-state index in [1.807, 2.05) is 18.2 Å². The molecule has 4 nitrogen and oxygen atoms in total. The maximum absolute atomic E-state index is 11.4. The van der Waals surface area contributed by atoms with Crippen LogP contribution in [0.3, 0.4) is 0 Å². The minimum atomic E-state index is -0.369. The molecule has 0 saturated heterocycles. The number of nitrogens with two attached hydrogens (primary N) is 1. The van der Waals surface area contributed by atoms with Crippen molar-refractivity contribution in [2.75, 3.05) is 18.0 Å². The van der Waals surface area contributed by atoms with E-state index in [9.17, 15) is 4.79 Å².